The Hall–Kier alpha value is -0.110. The molecule has 0 aromatic rings. The number of halogens is 1. The van der Waals surface area contributed by atoms with E-state index in [9.17, 15) is 9.50 Å². The minimum atomic E-state index is -0.811. The lowest BCUT2D eigenvalue weighted by Crippen LogP contribution is -2.50. The lowest BCUT2D eigenvalue weighted by molar-refractivity contribution is -0.105. The quantitative estimate of drug-likeness (QED) is 0.686. The van der Waals surface area contributed by atoms with Gasteiger partial charge >= 0.3 is 0 Å². The highest BCUT2D eigenvalue weighted by Gasteiger charge is 2.71. The molecule has 3 aliphatic rings. The van der Waals surface area contributed by atoms with Crippen molar-refractivity contribution in [2.45, 2.75) is 65.7 Å². The van der Waals surface area contributed by atoms with Gasteiger partial charge in [-0.05, 0) is 48.3 Å². The maximum absolute atomic E-state index is 14.4. The number of hydrogen-bond acceptors (Lipinski definition) is 1. The van der Waals surface area contributed by atoms with Gasteiger partial charge in [0, 0.05) is 5.41 Å². The van der Waals surface area contributed by atoms with Crippen LogP contribution < -0.4 is 0 Å². The molecule has 6 atom stereocenters. The normalized spacial score (nSPS) is 60.4. The van der Waals surface area contributed by atoms with Crippen molar-refractivity contribution >= 4 is 0 Å². The fraction of sp³-hybridized carbons (Fsp3) is 1.00. The third kappa shape index (κ3) is 1.23. The van der Waals surface area contributed by atoms with E-state index in [1.54, 1.807) is 0 Å². The Balaban J connectivity index is 2.07. The second kappa shape index (κ2) is 3.07. The summed E-state index contributed by atoms with van der Waals surface area (Å²) in [5.41, 5.74) is -0.184. The van der Waals surface area contributed by atoms with Gasteiger partial charge in [-0.3, -0.25) is 0 Å². The second-order valence-electron chi connectivity index (χ2n) is 8.07. The minimum absolute atomic E-state index is 0.0320. The summed E-state index contributed by atoms with van der Waals surface area (Å²) >= 11 is 0. The van der Waals surface area contributed by atoms with Crippen molar-refractivity contribution in [1.82, 2.24) is 0 Å². The van der Waals surface area contributed by atoms with Crippen LogP contribution in [0.2, 0.25) is 0 Å². The van der Waals surface area contributed by atoms with Crippen LogP contribution in [0.3, 0.4) is 0 Å². The molecule has 3 saturated carbocycles. The van der Waals surface area contributed by atoms with Crippen LogP contribution in [0.4, 0.5) is 4.39 Å². The third-order valence-corrected chi connectivity index (χ3v) is 6.50. The van der Waals surface area contributed by atoms with Gasteiger partial charge in [0.2, 0.25) is 0 Å². The monoisotopic (exact) mass is 240 g/mol. The molecule has 1 unspecified atom stereocenters. The van der Waals surface area contributed by atoms with Crippen LogP contribution in [-0.2, 0) is 0 Å². The van der Waals surface area contributed by atoms with E-state index in [1.165, 1.54) is 0 Å². The van der Waals surface area contributed by atoms with E-state index in [4.69, 9.17) is 0 Å². The van der Waals surface area contributed by atoms with Crippen LogP contribution in [0.1, 0.15) is 53.4 Å². The maximum Gasteiger partial charge on any atom is 0.108 e. The highest BCUT2D eigenvalue weighted by atomic mass is 19.1. The standard InChI is InChI=1S/C15H25FO/c1-13(2)7-9-10(8-13)15(4)11(16)5-6-14(9,3)12(15)17/h9-12,17H,5-8H2,1-4H3/t9-,10+,11-,12?,14+,15+/m1/s1. The molecule has 0 spiro atoms. The van der Waals surface area contributed by atoms with Gasteiger partial charge in [0.1, 0.15) is 6.17 Å². The largest absolute Gasteiger partial charge is 0.392 e. The Kier molecular flexibility index (Phi) is 2.16. The van der Waals surface area contributed by atoms with Crippen LogP contribution in [0.5, 0.6) is 0 Å². The highest BCUT2D eigenvalue weighted by molar-refractivity contribution is 5.19. The number of aliphatic hydroxyl groups is 1. The first-order valence-electron chi connectivity index (χ1n) is 7.04. The smallest absolute Gasteiger partial charge is 0.108 e. The first-order valence-corrected chi connectivity index (χ1v) is 7.04. The number of rotatable bonds is 0. The van der Waals surface area contributed by atoms with Crippen LogP contribution in [0.15, 0.2) is 0 Å². The lowest BCUT2D eigenvalue weighted by atomic mass is 9.62. The number of aliphatic hydroxyl groups excluding tert-OH is 1. The molecule has 0 radical (unpaired) electrons. The van der Waals surface area contributed by atoms with E-state index in [2.05, 4.69) is 20.8 Å². The predicted molar refractivity (Wildman–Crippen MR) is 66.3 cm³/mol. The van der Waals surface area contributed by atoms with Crippen molar-refractivity contribution in [3.63, 3.8) is 0 Å². The van der Waals surface area contributed by atoms with E-state index < -0.39 is 17.7 Å². The van der Waals surface area contributed by atoms with E-state index in [-0.39, 0.29) is 5.41 Å². The molecule has 2 heteroatoms. The molecular formula is C15H25FO. The molecular weight excluding hydrogens is 215 g/mol. The van der Waals surface area contributed by atoms with Crippen molar-refractivity contribution in [2.75, 3.05) is 0 Å². The summed E-state index contributed by atoms with van der Waals surface area (Å²) in [4.78, 5) is 0. The molecule has 1 N–H and O–H groups in total. The molecule has 0 aromatic heterocycles. The van der Waals surface area contributed by atoms with Crippen molar-refractivity contribution in [3.05, 3.63) is 0 Å². The molecule has 3 rings (SSSR count). The summed E-state index contributed by atoms with van der Waals surface area (Å²) in [6, 6.07) is 0. The fourth-order valence-corrected chi connectivity index (χ4v) is 5.50. The van der Waals surface area contributed by atoms with E-state index in [0.717, 1.165) is 19.3 Å². The van der Waals surface area contributed by atoms with Crippen LogP contribution >= 0.6 is 0 Å². The minimum Gasteiger partial charge on any atom is -0.392 e. The van der Waals surface area contributed by atoms with Crippen LogP contribution in [0, 0.1) is 28.1 Å². The summed E-state index contributed by atoms with van der Waals surface area (Å²) in [5.74, 6) is 0.910. The molecule has 0 aromatic carbocycles. The molecule has 1 nitrogen and oxygen atoms in total. The summed E-state index contributed by atoms with van der Waals surface area (Å²) in [6.45, 7) is 8.81. The Morgan fingerprint density at radius 3 is 2.29 bits per heavy atom. The van der Waals surface area contributed by atoms with Gasteiger partial charge in [0.05, 0.1) is 6.10 Å². The zero-order valence-electron chi connectivity index (χ0n) is 11.5. The summed E-state index contributed by atoms with van der Waals surface area (Å²) in [7, 11) is 0. The van der Waals surface area contributed by atoms with Gasteiger partial charge in [-0.1, -0.05) is 27.7 Å². The van der Waals surface area contributed by atoms with E-state index in [1.807, 2.05) is 6.92 Å². The third-order valence-electron chi connectivity index (χ3n) is 6.50. The Morgan fingerprint density at radius 1 is 1.06 bits per heavy atom. The maximum atomic E-state index is 14.4. The van der Waals surface area contributed by atoms with Gasteiger partial charge in [0.25, 0.3) is 0 Å². The van der Waals surface area contributed by atoms with Gasteiger partial charge < -0.3 is 5.11 Å². The summed E-state index contributed by atoms with van der Waals surface area (Å²) in [6.07, 6.45) is 2.51. The molecule has 0 saturated heterocycles. The lowest BCUT2D eigenvalue weighted by Gasteiger charge is -2.46. The van der Waals surface area contributed by atoms with E-state index in [0.29, 0.717) is 23.7 Å². The molecule has 17 heavy (non-hydrogen) atoms. The summed E-state index contributed by atoms with van der Waals surface area (Å²) < 4.78 is 14.4. The molecule has 2 bridgehead atoms. The topological polar surface area (TPSA) is 20.2 Å². The fourth-order valence-electron chi connectivity index (χ4n) is 5.50. The number of hydrogen-bond donors (Lipinski definition) is 1. The molecule has 0 amide bonds. The van der Waals surface area contributed by atoms with Gasteiger partial charge in [-0.15, -0.1) is 0 Å². The number of fused-ring (bicyclic) bond motifs is 5. The summed E-state index contributed by atoms with van der Waals surface area (Å²) in [5, 5.41) is 10.6. The predicted octanol–water partition coefficient (Wildman–Crippen LogP) is 3.56. The second-order valence-corrected chi connectivity index (χ2v) is 8.07. The Morgan fingerprint density at radius 2 is 1.65 bits per heavy atom. The Bertz CT molecular complexity index is 353. The van der Waals surface area contributed by atoms with Gasteiger partial charge in [-0.25, -0.2) is 4.39 Å². The van der Waals surface area contributed by atoms with Crippen molar-refractivity contribution in [3.8, 4) is 0 Å². The van der Waals surface area contributed by atoms with E-state index >= 15 is 0 Å². The molecule has 0 heterocycles. The highest BCUT2D eigenvalue weighted by Crippen LogP contribution is 2.71. The van der Waals surface area contributed by atoms with Crippen LogP contribution in [0.25, 0.3) is 0 Å². The van der Waals surface area contributed by atoms with Gasteiger partial charge in [-0.2, -0.15) is 0 Å². The van der Waals surface area contributed by atoms with Crippen LogP contribution in [-0.4, -0.2) is 17.4 Å². The molecule has 0 aliphatic heterocycles. The molecule has 3 fully saturated rings. The number of alkyl halides is 1. The molecule has 98 valence electrons. The van der Waals surface area contributed by atoms with Gasteiger partial charge in [0.15, 0.2) is 0 Å². The van der Waals surface area contributed by atoms with Crippen molar-refractivity contribution < 1.29 is 9.50 Å². The van der Waals surface area contributed by atoms with Crippen molar-refractivity contribution in [2.24, 2.45) is 28.1 Å². The first-order chi connectivity index (χ1) is 7.72. The average Bonchev–Trinajstić information content (AvgIpc) is 2.62. The Labute approximate surface area is 104 Å². The van der Waals surface area contributed by atoms with Crippen molar-refractivity contribution in [1.29, 1.82) is 0 Å². The zero-order chi connectivity index (χ0) is 12.6. The average molecular weight is 240 g/mol. The SMILES string of the molecule is CC1(C)C[C@@H]2[C@H](C1)[C@]1(C)C(O)[C@@]2(C)CC[C@H]1F. The molecule has 3 aliphatic carbocycles. The zero-order valence-corrected chi connectivity index (χ0v) is 11.5. The first kappa shape index (κ1) is 12.0.